The number of halogens is 2. The van der Waals surface area contributed by atoms with Crippen molar-refractivity contribution in [1.29, 1.82) is 0 Å². The second-order valence-corrected chi connectivity index (χ2v) is 6.63. The van der Waals surface area contributed by atoms with Crippen LogP contribution in [0.2, 0.25) is 5.02 Å². The summed E-state index contributed by atoms with van der Waals surface area (Å²) in [5.41, 5.74) is 0.899. The van der Waals surface area contributed by atoms with Gasteiger partial charge in [-0.05, 0) is 38.0 Å². The van der Waals surface area contributed by atoms with Gasteiger partial charge >= 0.3 is 0 Å². The molecule has 0 aromatic heterocycles. The largest absolute Gasteiger partial charge is 0.492 e. The quantitative estimate of drug-likeness (QED) is 0.818. The molecule has 1 fully saturated rings. The minimum absolute atomic E-state index is 0.126. The van der Waals surface area contributed by atoms with E-state index in [4.69, 9.17) is 16.3 Å². The van der Waals surface area contributed by atoms with Crippen LogP contribution in [0.3, 0.4) is 0 Å². The lowest BCUT2D eigenvalue weighted by atomic mass is 10.1. The second-order valence-electron chi connectivity index (χ2n) is 6.22. The molecule has 0 bridgehead atoms. The smallest absolute Gasteiger partial charge is 0.173 e. The standard InChI is InChI=1S/C17H26ClFN2O/c1-5-14-11-20(6-7-21(14)12(2)3)10-13-8-15(18)17(22-4)16(19)9-13/h8-9,12,14H,5-7,10-11H2,1-4H3. The van der Waals surface area contributed by atoms with Crippen LogP contribution < -0.4 is 4.74 Å². The Labute approximate surface area is 138 Å². The Morgan fingerprint density at radius 2 is 2.09 bits per heavy atom. The molecule has 2 rings (SSSR count). The molecule has 0 amide bonds. The van der Waals surface area contributed by atoms with Gasteiger partial charge in [0, 0.05) is 38.3 Å². The monoisotopic (exact) mass is 328 g/mol. The third-order valence-electron chi connectivity index (χ3n) is 4.42. The van der Waals surface area contributed by atoms with Crippen molar-refractivity contribution in [2.45, 2.75) is 45.8 Å². The van der Waals surface area contributed by atoms with Crippen LogP contribution in [0.4, 0.5) is 4.39 Å². The fourth-order valence-electron chi connectivity index (χ4n) is 3.28. The average molecular weight is 329 g/mol. The molecule has 1 heterocycles. The zero-order valence-corrected chi connectivity index (χ0v) is 14.7. The number of methoxy groups -OCH3 is 1. The first-order valence-corrected chi connectivity index (χ1v) is 8.34. The third-order valence-corrected chi connectivity index (χ3v) is 4.70. The first-order chi connectivity index (χ1) is 10.5. The minimum atomic E-state index is -0.391. The molecule has 1 aromatic rings. The van der Waals surface area contributed by atoms with Gasteiger partial charge in [-0.1, -0.05) is 18.5 Å². The van der Waals surface area contributed by atoms with E-state index in [0.29, 0.717) is 17.1 Å². The van der Waals surface area contributed by atoms with Gasteiger partial charge in [-0.15, -0.1) is 0 Å². The number of benzene rings is 1. The van der Waals surface area contributed by atoms with E-state index in [1.807, 2.05) is 0 Å². The van der Waals surface area contributed by atoms with E-state index >= 15 is 0 Å². The molecule has 0 aliphatic carbocycles. The van der Waals surface area contributed by atoms with Crippen molar-refractivity contribution in [2.24, 2.45) is 0 Å². The molecule has 0 N–H and O–H groups in total. The summed E-state index contributed by atoms with van der Waals surface area (Å²) in [7, 11) is 1.43. The lowest BCUT2D eigenvalue weighted by molar-refractivity contribution is 0.0456. The molecule has 3 nitrogen and oxygen atoms in total. The molecule has 0 spiro atoms. The van der Waals surface area contributed by atoms with Crippen LogP contribution in [0.5, 0.6) is 5.75 Å². The minimum Gasteiger partial charge on any atom is -0.492 e. The molecule has 124 valence electrons. The van der Waals surface area contributed by atoms with Gasteiger partial charge in [0.1, 0.15) is 0 Å². The highest BCUT2D eigenvalue weighted by Gasteiger charge is 2.27. The number of rotatable bonds is 5. The summed E-state index contributed by atoms with van der Waals surface area (Å²) in [5.74, 6) is -0.265. The van der Waals surface area contributed by atoms with Crippen LogP contribution in [0.1, 0.15) is 32.8 Å². The van der Waals surface area contributed by atoms with Crippen molar-refractivity contribution < 1.29 is 9.13 Å². The predicted octanol–water partition coefficient (Wildman–Crippen LogP) is 3.79. The van der Waals surface area contributed by atoms with Crippen LogP contribution in [-0.4, -0.2) is 48.6 Å². The molecule has 1 aliphatic heterocycles. The molecule has 1 aromatic carbocycles. The summed E-state index contributed by atoms with van der Waals surface area (Å²) < 4.78 is 18.9. The summed E-state index contributed by atoms with van der Waals surface area (Å²) >= 11 is 6.08. The third kappa shape index (κ3) is 3.92. The first kappa shape index (κ1) is 17.5. The lowest BCUT2D eigenvalue weighted by Crippen LogP contribution is -2.54. The Balaban J connectivity index is 2.06. The zero-order valence-electron chi connectivity index (χ0n) is 13.9. The number of nitrogens with zero attached hydrogens (tertiary/aromatic N) is 2. The number of hydrogen-bond donors (Lipinski definition) is 0. The van der Waals surface area contributed by atoms with Crippen LogP contribution in [0.25, 0.3) is 0 Å². The Morgan fingerprint density at radius 1 is 1.36 bits per heavy atom. The van der Waals surface area contributed by atoms with Crippen molar-refractivity contribution in [1.82, 2.24) is 9.80 Å². The molecule has 22 heavy (non-hydrogen) atoms. The van der Waals surface area contributed by atoms with Gasteiger partial charge in [0.15, 0.2) is 11.6 Å². The molecule has 1 unspecified atom stereocenters. The van der Waals surface area contributed by atoms with Crippen molar-refractivity contribution in [3.8, 4) is 5.75 Å². The fourth-order valence-corrected chi connectivity index (χ4v) is 3.59. The maximum Gasteiger partial charge on any atom is 0.173 e. The van der Waals surface area contributed by atoms with Gasteiger partial charge < -0.3 is 4.74 Å². The molecule has 1 saturated heterocycles. The second kappa shape index (κ2) is 7.62. The van der Waals surface area contributed by atoms with E-state index in [9.17, 15) is 4.39 Å². The normalized spacial score (nSPS) is 20.6. The van der Waals surface area contributed by atoms with E-state index in [1.165, 1.54) is 13.2 Å². The number of ether oxygens (including phenoxy) is 1. The lowest BCUT2D eigenvalue weighted by Gasteiger charge is -2.43. The van der Waals surface area contributed by atoms with Gasteiger partial charge in [0.05, 0.1) is 12.1 Å². The van der Waals surface area contributed by atoms with Gasteiger partial charge in [-0.2, -0.15) is 0 Å². The molecule has 0 radical (unpaired) electrons. The maximum absolute atomic E-state index is 13.9. The van der Waals surface area contributed by atoms with Crippen LogP contribution >= 0.6 is 11.6 Å². The molecule has 5 heteroatoms. The molecule has 1 aliphatic rings. The SMILES string of the molecule is CCC1CN(Cc2cc(F)c(OC)c(Cl)c2)CCN1C(C)C. The summed E-state index contributed by atoms with van der Waals surface area (Å²) in [5, 5.41) is 0.338. The van der Waals surface area contributed by atoms with Crippen molar-refractivity contribution in [3.05, 3.63) is 28.5 Å². The van der Waals surface area contributed by atoms with E-state index in [1.54, 1.807) is 6.07 Å². The Morgan fingerprint density at radius 3 is 2.64 bits per heavy atom. The highest BCUT2D eigenvalue weighted by molar-refractivity contribution is 6.32. The molecular weight excluding hydrogens is 303 g/mol. The van der Waals surface area contributed by atoms with Crippen molar-refractivity contribution in [3.63, 3.8) is 0 Å². The van der Waals surface area contributed by atoms with E-state index in [2.05, 4.69) is 30.6 Å². The van der Waals surface area contributed by atoms with Gasteiger partial charge in [-0.3, -0.25) is 9.80 Å². The van der Waals surface area contributed by atoms with Gasteiger partial charge in [-0.25, -0.2) is 4.39 Å². The van der Waals surface area contributed by atoms with Crippen molar-refractivity contribution >= 4 is 11.6 Å². The molecular formula is C17H26ClFN2O. The summed E-state index contributed by atoms with van der Waals surface area (Å²) in [6.07, 6.45) is 1.13. The average Bonchev–Trinajstić information content (AvgIpc) is 2.46. The topological polar surface area (TPSA) is 15.7 Å². The van der Waals surface area contributed by atoms with E-state index in [0.717, 1.165) is 38.2 Å². The highest BCUT2D eigenvalue weighted by Crippen LogP contribution is 2.29. The molecule has 0 saturated carbocycles. The Kier molecular flexibility index (Phi) is 6.07. The van der Waals surface area contributed by atoms with Crippen LogP contribution in [-0.2, 0) is 6.54 Å². The fraction of sp³-hybridized carbons (Fsp3) is 0.647. The van der Waals surface area contributed by atoms with E-state index in [-0.39, 0.29) is 5.75 Å². The maximum atomic E-state index is 13.9. The number of piperazine rings is 1. The summed E-state index contributed by atoms with van der Waals surface area (Å²) in [6.45, 7) is 10.5. The predicted molar refractivity (Wildman–Crippen MR) is 89.2 cm³/mol. The van der Waals surface area contributed by atoms with E-state index < -0.39 is 5.82 Å². The van der Waals surface area contributed by atoms with Gasteiger partial charge in [0.2, 0.25) is 0 Å². The first-order valence-electron chi connectivity index (χ1n) is 7.96. The Bertz CT molecular complexity index is 486. The zero-order chi connectivity index (χ0) is 16.3. The van der Waals surface area contributed by atoms with Crippen molar-refractivity contribution in [2.75, 3.05) is 26.7 Å². The highest BCUT2D eigenvalue weighted by atomic mass is 35.5. The summed E-state index contributed by atoms with van der Waals surface area (Å²) in [6, 6.07) is 4.46. The number of hydrogen-bond acceptors (Lipinski definition) is 3. The summed E-state index contributed by atoms with van der Waals surface area (Å²) in [4.78, 5) is 4.93. The van der Waals surface area contributed by atoms with Crippen LogP contribution in [0, 0.1) is 5.82 Å². The van der Waals surface area contributed by atoms with Crippen LogP contribution in [0.15, 0.2) is 12.1 Å². The molecule has 1 atom stereocenters. The Hall–Kier alpha value is -0.840. The van der Waals surface area contributed by atoms with Gasteiger partial charge in [0.25, 0.3) is 0 Å².